The Bertz CT molecular complexity index is 76.1. The largest absolute Gasteiger partial charge is 0.385 e. The van der Waals surface area contributed by atoms with Gasteiger partial charge in [-0.15, -0.1) is 12.4 Å². The summed E-state index contributed by atoms with van der Waals surface area (Å²) in [5.41, 5.74) is 0. The van der Waals surface area contributed by atoms with Crippen LogP contribution in [0.3, 0.4) is 0 Å². The maximum absolute atomic E-state index is 5.26. The van der Waals surface area contributed by atoms with Gasteiger partial charge in [0.2, 0.25) is 0 Å². The number of ether oxygens (including phenoxy) is 2. The number of halogens is 1. The van der Waals surface area contributed by atoms with Crippen molar-refractivity contribution in [3.63, 3.8) is 0 Å². The summed E-state index contributed by atoms with van der Waals surface area (Å²) >= 11 is 0. The van der Waals surface area contributed by atoms with E-state index in [1.54, 1.807) is 7.11 Å². The number of hydrogen-bond donors (Lipinski definition) is 1. The third-order valence-electron chi connectivity index (χ3n) is 1.38. The number of methoxy groups -OCH3 is 1. The molecule has 3 nitrogen and oxygen atoms in total. The van der Waals surface area contributed by atoms with Crippen LogP contribution in [0.15, 0.2) is 0 Å². The summed E-state index contributed by atoms with van der Waals surface area (Å²) in [6.07, 6.45) is 1.20. The zero-order chi connectivity index (χ0) is 6.53. The quantitative estimate of drug-likeness (QED) is 0.660. The van der Waals surface area contributed by atoms with Gasteiger partial charge in [0.05, 0.1) is 6.61 Å². The topological polar surface area (TPSA) is 30.5 Å². The summed E-state index contributed by atoms with van der Waals surface area (Å²) in [5, 5.41) is 3.19. The maximum atomic E-state index is 5.26. The SMILES string of the molecule is COCCC1NCCO1.Cl. The first-order chi connectivity index (χ1) is 4.43. The summed E-state index contributed by atoms with van der Waals surface area (Å²) in [7, 11) is 1.70. The molecule has 0 aromatic rings. The van der Waals surface area contributed by atoms with Crippen LogP contribution >= 0.6 is 12.4 Å². The molecule has 0 aromatic heterocycles. The van der Waals surface area contributed by atoms with Gasteiger partial charge in [-0.25, -0.2) is 0 Å². The van der Waals surface area contributed by atoms with Crippen molar-refractivity contribution in [2.24, 2.45) is 0 Å². The van der Waals surface area contributed by atoms with Gasteiger partial charge in [0.25, 0.3) is 0 Å². The second-order valence-corrected chi connectivity index (χ2v) is 2.10. The minimum Gasteiger partial charge on any atom is -0.385 e. The molecule has 4 heteroatoms. The van der Waals surface area contributed by atoms with Crippen LogP contribution in [0.1, 0.15) is 6.42 Å². The first-order valence-corrected chi connectivity index (χ1v) is 3.27. The van der Waals surface area contributed by atoms with Gasteiger partial charge in [0, 0.05) is 26.7 Å². The minimum atomic E-state index is 0. The highest BCUT2D eigenvalue weighted by molar-refractivity contribution is 5.85. The fourth-order valence-corrected chi connectivity index (χ4v) is 0.890. The molecule has 62 valence electrons. The molecule has 1 aliphatic heterocycles. The summed E-state index contributed by atoms with van der Waals surface area (Å²) in [6.45, 7) is 2.60. The second-order valence-electron chi connectivity index (χ2n) is 2.10. The van der Waals surface area contributed by atoms with E-state index in [2.05, 4.69) is 5.32 Å². The Morgan fingerprint density at radius 1 is 1.70 bits per heavy atom. The Labute approximate surface area is 67.5 Å². The molecule has 1 saturated heterocycles. The fourth-order valence-electron chi connectivity index (χ4n) is 0.890. The van der Waals surface area contributed by atoms with Gasteiger partial charge < -0.3 is 9.47 Å². The van der Waals surface area contributed by atoms with E-state index in [4.69, 9.17) is 9.47 Å². The van der Waals surface area contributed by atoms with Gasteiger partial charge in [0.1, 0.15) is 6.23 Å². The van der Waals surface area contributed by atoms with E-state index < -0.39 is 0 Å². The van der Waals surface area contributed by atoms with Crippen LogP contribution in [0, 0.1) is 0 Å². The Kier molecular flexibility index (Phi) is 6.02. The zero-order valence-corrected chi connectivity index (χ0v) is 6.95. The lowest BCUT2D eigenvalue weighted by molar-refractivity contribution is 0.0664. The van der Waals surface area contributed by atoms with Crippen LogP contribution in [0.4, 0.5) is 0 Å². The maximum Gasteiger partial charge on any atom is 0.110 e. The highest BCUT2D eigenvalue weighted by atomic mass is 35.5. The van der Waals surface area contributed by atoms with E-state index in [1.807, 2.05) is 0 Å². The van der Waals surface area contributed by atoms with Crippen LogP contribution in [-0.4, -0.2) is 33.1 Å². The Morgan fingerprint density at radius 2 is 2.50 bits per heavy atom. The van der Waals surface area contributed by atoms with Crippen molar-refractivity contribution >= 4 is 12.4 Å². The van der Waals surface area contributed by atoms with E-state index in [9.17, 15) is 0 Å². The van der Waals surface area contributed by atoms with Crippen molar-refractivity contribution in [3.8, 4) is 0 Å². The summed E-state index contributed by atoms with van der Waals surface area (Å²) < 4.78 is 10.1. The first-order valence-electron chi connectivity index (χ1n) is 3.27. The lowest BCUT2D eigenvalue weighted by Crippen LogP contribution is -2.23. The van der Waals surface area contributed by atoms with Crippen molar-refractivity contribution in [3.05, 3.63) is 0 Å². The smallest absolute Gasteiger partial charge is 0.110 e. The van der Waals surface area contributed by atoms with E-state index in [0.29, 0.717) is 0 Å². The Hall–Kier alpha value is 0.170. The van der Waals surface area contributed by atoms with Crippen molar-refractivity contribution in [2.45, 2.75) is 12.6 Å². The Morgan fingerprint density at radius 3 is 3.00 bits per heavy atom. The van der Waals surface area contributed by atoms with Crippen molar-refractivity contribution in [1.82, 2.24) is 5.32 Å². The molecule has 0 aromatic carbocycles. The lowest BCUT2D eigenvalue weighted by Gasteiger charge is -2.07. The van der Waals surface area contributed by atoms with Crippen molar-refractivity contribution < 1.29 is 9.47 Å². The summed E-state index contributed by atoms with van der Waals surface area (Å²) in [4.78, 5) is 0. The van der Waals surface area contributed by atoms with Gasteiger partial charge in [0.15, 0.2) is 0 Å². The monoisotopic (exact) mass is 167 g/mol. The standard InChI is InChI=1S/C6H13NO2.ClH/c1-8-4-2-6-7-3-5-9-6;/h6-7H,2-5H2,1H3;1H. The molecule has 0 radical (unpaired) electrons. The van der Waals surface area contributed by atoms with E-state index in [1.165, 1.54) is 0 Å². The molecule has 0 spiro atoms. The molecule has 0 saturated carbocycles. The zero-order valence-electron chi connectivity index (χ0n) is 6.13. The van der Waals surface area contributed by atoms with Crippen LogP contribution in [-0.2, 0) is 9.47 Å². The van der Waals surface area contributed by atoms with Crippen LogP contribution < -0.4 is 5.32 Å². The van der Waals surface area contributed by atoms with Gasteiger partial charge >= 0.3 is 0 Å². The predicted molar refractivity (Wildman–Crippen MR) is 41.5 cm³/mol. The molecule has 1 heterocycles. The van der Waals surface area contributed by atoms with Crippen molar-refractivity contribution in [1.29, 1.82) is 0 Å². The molecule has 1 N–H and O–H groups in total. The third-order valence-corrected chi connectivity index (χ3v) is 1.38. The highest BCUT2D eigenvalue weighted by Crippen LogP contribution is 1.99. The van der Waals surface area contributed by atoms with Gasteiger partial charge in [-0.05, 0) is 0 Å². The number of nitrogens with one attached hydrogen (secondary N) is 1. The fraction of sp³-hybridized carbons (Fsp3) is 1.00. The van der Waals surface area contributed by atoms with Crippen LogP contribution in [0.5, 0.6) is 0 Å². The normalized spacial score (nSPS) is 24.3. The van der Waals surface area contributed by atoms with Gasteiger partial charge in [-0.3, -0.25) is 5.32 Å². The molecule has 1 aliphatic rings. The third kappa shape index (κ3) is 3.37. The van der Waals surface area contributed by atoms with Crippen LogP contribution in [0.2, 0.25) is 0 Å². The Balaban J connectivity index is 0.000000810. The van der Waals surface area contributed by atoms with E-state index >= 15 is 0 Å². The molecule has 10 heavy (non-hydrogen) atoms. The predicted octanol–water partition coefficient (Wildman–Crippen LogP) is 0.391. The average Bonchev–Trinajstić information content (AvgIpc) is 2.34. The molecule has 1 rings (SSSR count). The lowest BCUT2D eigenvalue weighted by atomic mass is 10.4. The average molecular weight is 168 g/mol. The van der Waals surface area contributed by atoms with Crippen molar-refractivity contribution in [2.75, 3.05) is 26.9 Å². The molecule has 1 atom stereocenters. The molecular formula is C6H14ClNO2. The molecule has 0 bridgehead atoms. The van der Waals surface area contributed by atoms with Crippen LogP contribution in [0.25, 0.3) is 0 Å². The highest BCUT2D eigenvalue weighted by Gasteiger charge is 2.12. The number of hydrogen-bond acceptors (Lipinski definition) is 3. The van der Waals surface area contributed by atoms with E-state index in [0.717, 1.165) is 26.2 Å². The number of rotatable bonds is 3. The second kappa shape index (κ2) is 5.92. The van der Waals surface area contributed by atoms with Gasteiger partial charge in [-0.2, -0.15) is 0 Å². The first kappa shape index (κ1) is 10.2. The molecule has 1 fully saturated rings. The molecule has 0 amide bonds. The van der Waals surface area contributed by atoms with Gasteiger partial charge in [-0.1, -0.05) is 0 Å². The molecule has 1 unspecified atom stereocenters. The van der Waals surface area contributed by atoms with E-state index in [-0.39, 0.29) is 18.6 Å². The molecular weight excluding hydrogens is 154 g/mol. The summed E-state index contributed by atoms with van der Waals surface area (Å²) in [5.74, 6) is 0. The molecule has 0 aliphatic carbocycles. The minimum absolute atomic E-state index is 0. The summed E-state index contributed by atoms with van der Waals surface area (Å²) in [6, 6.07) is 0.